The zero-order valence-corrected chi connectivity index (χ0v) is 14.9. The Labute approximate surface area is 145 Å². The SMILES string of the molecule is Cc1cc(C)nc(-n2nc(C)cc2NC(=O)Cc2c(C)noc2C)n1. The topological polar surface area (TPSA) is 98.7 Å². The normalized spacial score (nSPS) is 10.9. The predicted octanol–water partition coefficient (Wildman–Crippen LogP) is 2.37. The Morgan fingerprint density at radius 1 is 1.08 bits per heavy atom. The van der Waals surface area contributed by atoms with Crippen molar-refractivity contribution < 1.29 is 9.32 Å². The van der Waals surface area contributed by atoms with E-state index in [0.717, 1.165) is 28.3 Å². The van der Waals surface area contributed by atoms with E-state index < -0.39 is 0 Å². The standard InChI is InChI=1S/C17H20N6O2/c1-9-6-10(2)19-17(18-9)23-15(7-11(3)21-23)20-16(24)8-14-12(4)22-25-13(14)5/h6-7H,8H2,1-5H3,(H,20,24). The van der Waals surface area contributed by atoms with Gasteiger partial charge in [0, 0.05) is 23.0 Å². The molecule has 0 aromatic carbocycles. The summed E-state index contributed by atoms with van der Waals surface area (Å²) >= 11 is 0. The number of amides is 1. The van der Waals surface area contributed by atoms with E-state index in [1.807, 2.05) is 33.8 Å². The molecule has 3 aromatic heterocycles. The summed E-state index contributed by atoms with van der Waals surface area (Å²) in [6.45, 7) is 9.24. The Balaban J connectivity index is 1.87. The first-order valence-electron chi connectivity index (χ1n) is 7.94. The number of rotatable bonds is 4. The van der Waals surface area contributed by atoms with Gasteiger partial charge in [-0.1, -0.05) is 5.16 Å². The Morgan fingerprint density at radius 3 is 2.36 bits per heavy atom. The van der Waals surface area contributed by atoms with Gasteiger partial charge in [0.1, 0.15) is 11.6 Å². The van der Waals surface area contributed by atoms with Crippen molar-refractivity contribution >= 4 is 11.7 Å². The van der Waals surface area contributed by atoms with Crippen LogP contribution in [0.1, 0.15) is 34.1 Å². The number of aryl methyl sites for hydroxylation is 5. The summed E-state index contributed by atoms with van der Waals surface area (Å²) in [5.41, 5.74) is 3.95. The minimum Gasteiger partial charge on any atom is -0.361 e. The van der Waals surface area contributed by atoms with Gasteiger partial charge in [0.05, 0.1) is 17.8 Å². The van der Waals surface area contributed by atoms with Crippen LogP contribution in [0, 0.1) is 34.6 Å². The Morgan fingerprint density at radius 2 is 1.76 bits per heavy atom. The van der Waals surface area contributed by atoms with Crippen molar-refractivity contribution in [2.24, 2.45) is 0 Å². The van der Waals surface area contributed by atoms with Gasteiger partial charge in [-0.05, 0) is 40.7 Å². The second-order valence-corrected chi connectivity index (χ2v) is 6.06. The van der Waals surface area contributed by atoms with Gasteiger partial charge in [-0.15, -0.1) is 0 Å². The molecule has 1 N–H and O–H groups in total. The second kappa shape index (κ2) is 6.46. The summed E-state index contributed by atoms with van der Waals surface area (Å²) in [6, 6.07) is 3.67. The highest BCUT2D eigenvalue weighted by atomic mass is 16.5. The van der Waals surface area contributed by atoms with Gasteiger partial charge >= 0.3 is 0 Å². The summed E-state index contributed by atoms with van der Waals surface area (Å²) in [4.78, 5) is 21.3. The van der Waals surface area contributed by atoms with Crippen LogP contribution in [0.25, 0.3) is 5.95 Å². The van der Waals surface area contributed by atoms with Gasteiger partial charge in [-0.25, -0.2) is 9.97 Å². The summed E-state index contributed by atoms with van der Waals surface area (Å²) in [6.07, 6.45) is 0.180. The first kappa shape index (κ1) is 16.8. The quantitative estimate of drug-likeness (QED) is 0.783. The zero-order valence-electron chi connectivity index (χ0n) is 14.9. The molecule has 3 rings (SSSR count). The maximum Gasteiger partial charge on any atom is 0.252 e. The van der Waals surface area contributed by atoms with E-state index in [2.05, 4.69) is 25.5 Å². The summed E-state index contributed by atoms with van der Waals surface area (Å²) in [5, 5.41) is 11.1. The Bertz CT molecular complexity index is 901. The highest BCUT2D eigenvalue weighted by molar-refractivity contribution is 5.92. The fraction of sp³-hybridized carbons (Fsp3) is 0.353. The largest absolute Gasteiger partial charge is 0.361 e. The van der Waals surface area contributed by atoms with E-state index in [4.69, 9.17) is 4.52 Å². The minimum absolute atomic E-state index is 0.180. The maximum absolute atomic E-state index is 12.4. The average Bonchev–Trinajstić information content (AvgIpc) is 3.03. The second-order valence-electron chi connectivity index (χ2n) is 6.06. The van der Waals surface area contributed by atoms with Crippen LogP contribution in [0.5, 0.6) is 0 Å². The molecule has 130 valence electrons. The van der Waals surface area contributed by atoms with E-state index in [1.165, 1.54) is 0 Å². The summed E-state index contributed by atoms with van der Waals surface area (Å²) < 4.78 is 6.64. The molecule has 3 aromatic rings. The third-order valence-electron chi connectivity index (χ3n) is 3.78. The first-order chi connectivity index (χ1) is 11.8. The van der Waals surface area contributed by atoms with Gasteiger partial charge in [-0.2, -0.15) is 9.78 Å². The molecular weight excluding hydrogens is 320 g/mol. The lowest BCUT2D eigenvalue weighted by molar-refractivity contribution is -0.115. The molecule has 1 amide bonds. The maximum atomic E-state index is 12.4. The monoisotopic (exact) mass is 340 g/mol. The molecule has 3 heterocycles. The van der Waals surface area contributed by atoms with Crippen molar-refractivity contribution in [3.8, 4) is 5.95 Å². The fourth-order valence-electron chi connectivity index (χ4n) is 2.64. The van der Waals surface area contributed by atoms with Gasteiger partial charge in [-0.3, -0.25) is 4.79 Å². The van der Waals surface area contributed by atoms with Crippen LogP contribution in [0.2, 0.25) is 0 Å². The zero-order chi connectivity index (χ0) is 18.1. The lowest BCUT2D eigenvalue weighted by Crippen LogP contribution is -2.18. The van der Waals surface area contributed by atoms with Gasteiger partial charge in [0.2, 0.25) is 5.91 Å². The molecular formula is C17H20N6O2. The molecule has 8 nitrogen and oxygen atoms in total. The fourth-order valence-corrected chi connectivity index (χ4v) is 2.64. The lowest BCUT2D eigenvalue weighted by Gasteiger charge is -2.08. The molecule has 0 aliphatic heterocycles. The van der Waals surface area contributed by atoms with Crippen molar-refractivity contribution in [1.29, 1.82) is 0 Å². The number of nitrogens with one attached hydrogen (secondary N) is 1. The van der Waals surface area contributed by atoms with E-state index in [0.29, 0.717) is 17.5 Å². The third kappa shape index (κ3) is 3.57. The van der Waals surface area contributed by atoms with Crippen molar-refractivity contribution in [3.05, 3.63) is 46.2 Å². The molecule has 8 heteroatoms. The molecule has 0 saturated carbocycles. The number of hydrogen-bond donors (Lipinski definition) is 1. The van der Waals surface area contributed by atoms with Crippen LogP contribution in [0.4, 0.5) is 5.82 Å². The number of hydrogen-bond acceptors (Lipinski definition) is 6. The van der Waals surface area contributed by atoms with Crippen LogP contribution < -0.4 is 5.32 Å². The van der Waals surface area contributed by atoms with E-state index in [9.17, 15) is 4.79 Å². The molecule has 0 saturated heterocycles. The lowest BCUT2D eigenvalue weighted by atomic mass is 10.1. The number of nitrogens with zero attached hydrogens (tertiary/aromatic N) is 5. The van der Waals surface area contributed by atoms with E-state index in [1.54, 1.807) is 17.7 Å². The molecule has 0 aliphatic rings. The highest BCUT2D eigenvalue weighted by Gasteiger charge is 2.17. The number of carbonyl (C=O) groups is 1. The number of aromatic nitrogens is 5. The van der Waals surface area contributed by atoms with Gasteiger partial charge in [0.25, 0.3) is 5.95 Å². The van der Waals surface area contributed by atoms with E-state index >= 15 is 0 Å². The predicted molar refractivity (Wildman–Crippen MR) is 91.7 cm³/mol. The van der Waals surface area contributed by atoms with Crippen LogP contribution in [-0.4, -0.2) is 30.8 Å². The van der Waals surface area contributed by atoms with Gasteiger partial charge < -0.3 is 9.84 Å². The molecule has 0 spiro atoms. The third-order valence-corrected chi connectivity index (χ3v) is 3.78. The van der Waals surface area contributed by atoms with Crippen LogP contribution in [0.15, 0.2) is 16.7 Å². The van der Waals surface area contributed by atoms with Crippen molar-refractivity contribution in [2.45, 2.75) is 41.0 Å². The van der Waals surface area contributed by atoms with Crippen LogP contribution in [-0.2, 0) is 11.2 Å². The van der Waals surface area contributed by atoms with Crippen molar-refractivity contribution in [1.82, 2.24) is 24.9 Å². The van der Waals surface area contributed by atoms with Crippen LogP contribution in [0.3, 0.4) is 0 Å². The molecule has 0 radical (unpaired) electrons. The molecule has 0 bridgehead atoms. The number of anilines is 1. The van der Waals surface area contributed by atoms with Crippen LogP contribution >= 0.6 is 0 Å². The highest BCUT2D eigenvalue weighted by Crippen LogP contribution is 2.17. The smallest absolute Gasteiger partial charge is 0.252 e. The first-order valence-corrected chi connectivity index (χ1v) is 7.94. The summed E-state index contributed by atoms with van der Waals surface area (Å²) in [5.74, 6) is 1.42. The Hall–Kier alpha value is -3.03. The van der Waals surface area contributed by atoms with Crippen molar-refractivity contribution in [2.75, 3.05) is 5.32 Å². The molecule has 0 atom stereocenters. The Kier molecular flexibility index (Phi) is 4.35. The summed E-state index contributed by atoms with van der Waals surface area (Å²) in [7, 11) is 0. The molecule has 0 fully saturated rings. The van der Waals surface area contributed by atoms with Crippen molar-refractivity contribution in [3.63, 3.8) is 0 Å². The van der Waals surface area contributed by atoms with E-state index in [-0.39, 0.29) is 12.3 Å². The minimum atomic E-state index is -0.181. The molecule has 25 heavy (non-hydrogen) atoms. The number of carbonyl (C=O) groups excluding carboxylic acids is 1. The molecule has 0 unspecified atom stereocenters. The average molecular weight is 340 g/mol. The van der Waals surface area contributed by atoms with Gasteiger partial charge in [0.15, 0.2) is 0 Å². The molecule has 0 aliphatic carbocycles.